The van der Waals surface area contributed by atoms with Crippen molar-refractivity contribution in [3.63, 3.8) is 0 Å². The third kappa shape index (κ3) is 3.97. The lowest BCUT2D eigenvalue weighted by Crippen LogP contribution is -2.40. The van der Waals surface area contributed by atoms with Crippen LogP contribution in [0.4, 0.5) is 5.69 Å². The molecule has 0 amide bonds. The fourth-order valence-corrected chi connectivity index (χ4v) is 2.85. The van der Waals surface area contributed by atoms with Gasteiger partial charge in [0, 0.05) is 25.3 Å². The molecule has 0 radical (unpaired) electrons. The van der Waals surface area contributed by atoms with Gasteiger partial charge in [-0.15, -0.1) is 0 Å². The Morgan fingerprint density at radius 1 is 1.28 bits per heavy atom. The molecule has 0 spiro atoms. The Labute approximate surface area is 109 Å². The Morgan fingerprint density at radius 2 is 1.94 bits per heavy atom. The summed E-state index contributed by atoms with van der Waals surface area (Å²) in [5.74, 6) is 0. The normalized spacial score (nSPS) is 11.9. The second-order valence-electron chi connectivity index (χ2n) is 4.02. The van der Waals surface area contributed by atoms with Crippen molar-refractivity contribution in [3.05, 3.63) is 29.8 Å². The van der Waals surface area contributed by atoms with Gasteiger partial charge in [-0.2, -0.15) is 12.7 Å². The summed E-state index contributed by atoms with van der Waals surface area (Å²) in [5.41, 5.74) is 7.26. The number of anilines is 1. The van der Waals surface area contributed by atoms with Gasteiger partial charge in [0.2, 0.25) is 0 Å². The van der Waals surface area contributed by atoms with E-state index in [0.717, 1.165) is 12.0 Å². The SMILES string of the molecule is CCCNS(=O)(=O)N(CC)Cc1ccccc1N. The molecule has 0 unspecified atom stereocenters. The van der Waals surface area contributed by atoms with E-state index in [1.54, 1.807) is 6.07 Å². The lowest BCUT2D eigenvalue weighted by molar-refractivity contribution is 0.415. The van der Waals surface area contributed by atoms with Crippen LogP contribution < -0.4 is 10.5 Å². The van der Waals surface area contributed by atoms with Crippen LogP contribution in [0.5, 0.6) is 0 Å². The van der Waals surface area contributed by atoms with Crippen LogP contribution in [0.15, 0.2) is 24.3 Å². The van der Waals surface area contributed by atoms with Gasteiger partial charge in [-0.25, -0.2) is 4.72 Å². The summed E-state index contributed by atoms with van der Waals surface area (Å²) >= 11 is 0. The number of hydrogen-bond acceptors (Lipinski definition) is 3. The van der Waals surface area contributed by atoms with E-state index in [0.29, 0.717) is 25.3 Å². The highest BCUT2D eigenvalue weighted by molar-refractivity contribution is 7.87. The minimum Gasteiger partial charge on any atom is -0.398 e. The van der Waals surface area contributed by atoms with Gasteiger partial charge < -0.3 is 5.73 Å². The number of nitrogen functional groups attached to an aromatic ring is 1. The Balaban J connectivity index is 2.82. The molecule has 3 N–H and O–H groups in total. The van der Waals surface area contributed by atoms with Gasteiger partial charge in [-0.3, -0.25) is 0 Å². The molecule has 0 fully saturated rings. The number of nitrogens with zero attached hydrogens (tertiary/aromatic N) is 1. The smallest absolute Gasteiger partial charge is 0.279 e. The lowest BCUT2D eigenvalue weighted by Gasteiger charge is -2.21. The maximum Gasteiger partial charge on any atom is 0.279 e. The second-order valence-corrected chi connectivity index (χ2v) is 5.78. The molecule has 1 aromatic rings. The molecule has 0 saturated heterocycles. The molecule has 0 heterocycles. The van der Waals surface area contributed by atoms with E-state index in [2.05, 4.69) is 4.72 Å². The van der Waals surface area contributed by atoms with Gasteiger partial charge in [0.1, 0.15) is 0 Å². The van der Waals surface area contributed by atoms with Crippen LogP contribution in [0.1, 0.15) is 25.8 Å². The molecular formula is C12H21N3O2S. The predicted octanol–water partition coefficient (Wildman–Crippen LogP) is 1.34. The maximum atomic E-state index is 12.0. The van der Waals surface area contributed by atoms with E-state index < -0.39 is 10.2 Å². The summed E-state index contributed by atoms with van der Waals surface area (Å²) in [4.78, 5) is 0. The van der Waals surface area contributed by atoms with Crippen molar-refractivity contribution in [2.45, 2.75) is 26.8 Å². The first-order chi connectivity index (χ1) is 8.51. The first kappa shape index (κ1) is 14.9. The highest BCUT2D eigenvalue weighted by Gasteiger charge is 2.20. The minimum atomic E-state index is -3.42. The van der Waals surface area contributed by atoms with Crippen LogP contribution in [-0.4, -0.2) is 25.8 Å². The van der Waals surface area contributed by atoms with Gasteiger partial charge in [-0.05, 0) is 18.1 Å². The number of hydrogen-bond donors (Lipinski definition) is 2. The highest BCUT2D eigenvalue weighted by atomic mass is 32.2. The van der Waals surface area contributed by atoms with Crippen LogP contribution in [0.3, 0.4) is 0 Å². The summed E-state index contributed by atoms with van der Waals surface area (Å²) < 4.78 is 28.0. The van der Waals surface area contributed by atoms with E-state index in [1.807, 2.05) is 32.0 Å². The zero-order chi connectivity index (χ0) is 13.6. The molecule has 0 aliphatic rings. The number of benzene rings is 1. The summed E-state index contributed by atoms with van der Waals surface area (Å²) in [5, 5.41) is 0. The topological polar surface area (TPSA) is 75.4 Å². The fraction of sp³-hybridized carbons (Fsp3) is 0.500. The van der Waals surface area contributed by atoms with Gasteiger partial charge in [0.15, 0.2) is 0 Å². The van der Waals surface area contributed by atoms with Crippen molar-refractivity contribution >= 4 is 15.9 Å². The summed E-state index contributed by atoms with van der Waals surface area (Å²) in [6.45, 7) is 4.89. The van der Waals surface area contributed by atoms with Gasteiger partial charge in [0.05, 0.1) is 0 Å². The van der Waals surface area contributed by atoms with Gasteiger partial charge in [0.25, 0.3) is 10.2 Å². The number of nitrogens with one attached hydrogen (secondary N) is 1. The summed E-state index contributed by atoms with van der Waals surface area (Å²) in [7, 11) is -3.42. The van der Waals surface area contributed by atoms with E-state index in [1.165, 1.54) is 4.31 Å². The molecule has 0 saturated carbocycles. The van der Waals surface area contributed by atoms with Crippen molar-refractivity contribution in [2.24, 2.45) is 0 Å². The van der Waals surface area contributed by atoms with Crippen molar-refractivity contribution in [3.8, 4) is 0 Å². The van der Waals surface area contributed by atoms with E-state index in [4.69, 9.17) is 5.73 Å². The monoisotopic (exact) mass is 271 g/mol. The average molecular weight is 271 g/mol. The number of nitrogens with two attached hydrogens (primary N) is 1. The third-order valence-electron chi connectivity index (χ3n) is 2.63. The second kappa shape index (κ2) is 6.72. The van der Waals surface area contributed by atoms with Crippen LogP contribution in [0.2, 0.25) is 0 Å². The molecule has 0 aliphatic carbocycles. The Bertz CT molecular complexity index is 474. The first-order valence-electron chi connectivity index (χ1n) is 6.09. The first-order valence-corrected chi connectivity index (χ1v) is 7.53. The largest absolute Gasteiger partial charge is 0.398 e. The molecule has 0 aromatic heterocycles. The summed E-state index contributed by atoms with van der Waals surface area (Å²) in [6, 6.07) is 7.30. The zero-order valence-electron chi connectivity index (χ0n) is 10.9. The maximum absolute atomic E-state index is 12.0. The number of para-hydroxylation sites is 1. The molecule has 0 bridgehead atoms. The predicted molar refractivity (Wildman–Crippen MR) is 74.2 cm³/mol. The van der Waals surface area contributed by atoms with Crippen LogP contribution in [0.25, 0.3) is 0 Å². The standard InChI is InChI=1S/C12H21N3O2S/c1-3-9-14-18(16,17)15(4-2)10-11-7-5-6-8-12(11)13/h5-8,14H,3-4,9-10,13H2,1-2H3. The molecule has 1 rings (SSSR count). The van der Waals surface area contributed by atoms with E-state index in [-0.39, 0.29) is 0 Å². The third-order valence-corrected chi connectivity index (χ3v) is 4.26. The van der Waals surface area contributed by atoms with E-state index >= 15 is 0 Å². The van der Waals surface area contributed by atoms with Gasteiger partial charge in [-0.1, -0.05) is 32.0 Å². The lowest BCUT2D eigenvalue weighted by atomic mass is 10.2. The van der Waals surface area contributed by atoms with Crippen LogP contribution in [-0.2, 0) is 16.8 Å². The molecule has 5 nitrogen and oxygen atoms in total. The Kier molecular flexibility index (Phi) is 5.58. The van der Waals surface area contributed by atoms with Crippen molar-refractivity contribution in [1.29, 1.82) is 0 Å². The molecule has 0 aliphatic heterocycles. The molecular weight excluding hydrogens is 250 g/mol. The van der Waals surface area contributed by atoms with Crippen LogP contribution in [0, 0.1) is 0 Å². The quantitative estimate of drug-likeness (QED) is 0.735. The molecule has 1 aromatic carbocycles. The molecule has 0 atom stereocenters. The van der Waals surface area contributed by atoms with Crippen molar-refractivity contribution in [1.82, 2.24) is 9.03 Å². The Morgan fingerprint density at radius 3 is 2.50 bits per heavy atom. The van der Waals surface area contributed by atoms with Crippen LogP contribution >= 0.6 is 0 Å². The fourth-order valence-electron chi connectivity index (χ4n) is 1.56. The summed E-state index contributed by atoms with van der Waals surface area (Å²) in [6.07, 6.45) is 0.768. The molecule has 102 valence electrons. The van der Waals surface area contributed by atoms with Gasteiger partial charge >= 0.3 is 0 Å². The Hall–Kier alpha value is -1.11. The molecule has 18 heavy (non-hydrogen) atoms. The van der Waals surface area contributed by atoms with Crippen molar-refractivity contribution < 1.29 is 8.42 Å². The molecule has 6 heteroatoms. The minimum absolute atomic E-state index is 0.294. The number of rotatable bonds is 7. The van der Waals surface area contributed by atoms with Crippen molar-refractivity contribution in [2.75, 3.05) is 18.8 Å². The zero-order valence-corrected chi connectivity index (χ0v) is 11.7. The highest BCUT2D eigenvalue weighted by Crippen LogP contribution is 2.14. The average Bonchev–Trinajstić information content (AvgIpc) is 2.35. The van der Waals surface area contributed by atoms with E-state index in [9.17, 15) is 8.42 Å².